The van der Waals surface area contributed by atoms with E-state index in [9.17, 15) is 19.7 Å². The fraction of sp³-hybridized carbons (Fsp3) is 0.259. The summed E-state index contributed by atoms with van der Waals surface area (Å²) in [5.41, 5.74) is 2.72. The van der Waals surface area contributed by atoms with Gasteiger partial charge in [0, 0.05) is 41.0 Å². The molecule has 2 atom stereocenters. The van der Waals surface area contributed by atoms with Gasteiger partial charge in [0.1, 0.15) is 0 Å². The molecule has 1 heterocycles. The van der Waals surface area contributed by atoms with Crippen LogP contribution in [-0.2, 0) is 4.79 Å². The number of benzene rings is 3. The molecule has 2 unspecified atom stereocenters. The van der Waals surface area contributed by atoms with Crippen LogP contribution in [0.25, 0.3) is 0 Å². The molecule has 0 fully saturated rings. The van der Waals surface area contributed by atoms with Crippen molar-refractivity contribution in [3.63, 3.8) is 0 Å². The molecule has 0 saturated carbocycles. The van der Waals surface area contributed by atoms with Crippen molar-refractivity contribution in [3.8, 4) is 0 Å². The maximum Gasteiger partial charge on any atom is 0.269 e. The van der Waals surface area contributed by atoms with E-state index >= 15 is 0 Å². The van der Waals surface area contributed by atoms with Crippen molar-refractivity contribution in [1.82, 2.24) is 0 Å². The van der Waals surface area contributed by atoms with Gasteiger partial charge in [-0.25, -0.2) is 0 Å². The summed E-state index contributed by atoms with van der Waals surface area (Å²) in [5, 5.41) is 11.1. The molecule has 7 nitrogen and oxygen atoms in total. The Hall–Kier alpha value is -4.00. The first kappa shape index (κ1) is 23.2. The highest BCUT2D eigenvalue weighted by molar-refractivity contribution is 6.07. The topological polar surface area (TPSA) is 83.8 Å². The zero-order chi connectivity index (χ0) is 24.4. The Bertz CT molecular complexity index is 1210. The molecule has 7 heteroatoms. The molecular formula is C27H27N3O4. The van der Waals surface area contributed by atoms with Crippen LogP contribution < -0.4 is 9.80 Å². The molecule has 0 N–H and O–H groups in total. The van der Waals surface area contributed by atoms with Crippen LogP contribution >= 0.6 is 0 Å². The first-order chi connectivity index (χ1) is 16.3. The van der Waals surface area contributed by atoms with Gasteiger partial charge in [-0.15, -0.1) is 0 Å². The summed E-state index contributed by atoms with van der Waals surface area (Å²) in [6.45, 7) is 5.78. The Morgan fingerprint density at radius 3 is 2.21 bits per heavy atom. The van der Waals surface area contributed by atoms with Gasteiger partial charge in [0.2, 0.25) is 5.91 Å². The maximum atomic E-state index is 13.8. The van der Waals surface area contributed by atoms with Gasteiger partial charge in [0.25, 0.3) is 11.6 Å². The first-order valence-electron chi connectivity index (χ1n) is 11.3. The Labute approximate surface area is 198 Å². The van der Waals surface area contributed by atoms with Crippen molar-refractivity contribution in [2.75, 3.05) is 9.80 Å². The summed E-state index contributed by atoms with van der Waals surface area (Å²) >= 11 is 0. The lowest BCUT2D eigenvalue weighted by Gasteiger charge is -2.44. The number of hydrogen-bond donors (Lipinski definition) is 0. The van der Waals surface area contributed by atoms with Crippen molar-refractivity contribution in [2.24, 2.45) is 5.92 Å². The summed E-state index contributed by atoms with van der Waals surface area (Å²) in [6, 6.07) is 22.3. The molecule has 34 heavy (non-hydrogen) atoms. The number of carbonyl (C=O) groups excluding carboxylic acids is 2. The number of rotatable bonds is 5. The lowest BCUT2D eigenvalue weighted by atomic mass is 9.88. The zero-order valence-electron chi connectivity index (χ0n) is 19.4. The van der Waals surface area contributed by atoms with Crippen LogP contribution in [0.1, 0.15) is 49.2 Å². The number of fused-ring (bicyclic) bond motifs is 1. The number of anilines is 2. The minimum Gasteiger partial charge on any atom is -0.309 e. The third-order valence-corrected chi connectivity index (χ3v) is 6.18. The van der Waals surface area contributed by atoms with E-state index in [2.05, 4.69) is 0 Å². The lowest BCUT2D eigenvalue weighted by molar-refractivity contribution is -0.384. The highest BCUT2D eigenvalue weighted by Crippen LogP contribution is 2.43. The average molecular weight is 458 g/mol. The van der Waals surface area contributed by atoms with Crippen LogP contribution in [0.15, 0.2) is 78.9 Å². The molecule has 2 amide bonds. The fourth-order valence-corrected chi connectivity index (χ4v) is 4.53. The second kappa shape index (κ2) is 9.47. The van der Waals surface area contributed by atoms with E-state index in [0.717, 1.165) is 16.9 Å². The summed E-state index contributed by atoms with van der Waals surface area (Å²) in [5.74, 6) is -0.359. The van der Waals surface area contributed by atoms with E-state index in [1.54, 1.807) is 4.90 Å². The van der Waals surface area contributed by atoms with Gasteiger partial charge in [-0.1, -0.05) is 50.2 Å². The van der Waals surface area contributed by atoms with Crippen molar-refractivity contribution in [2.45, 2.75) is 39.3 Å². The van der Waals surface area contributed by atoms with Gasteiger partial charge in [-0.3, -0.25) is 19.7 Å². The van der Waals surface area contributed by atoms with Gasteiger partial charge >= 0.3 is 0 Å². The highest BCUT2D eigenvalue weighted by atomic mass is 16.6. The molecule has 1 aliphatic rings. The van der Waals surface area contributed by atoms with Crippen LogP contribution in [0.3, 0.4) is 0 Å². The standard InChI is InChI=1S/C27H27N3O4/c1-18(2)26(31)28-19(3)17-25(23-11-7-8-12-24(23)28)29(21-9-5-4-6-10-21)27(32)20-13-15-22(16-14-20)30(33)34/h4-16,18-19,25H,17H2,1-3H3. The Kier molecular flexibility index (Phi) is 6.45. The number of non-ortho nitro benzene ring substituents is 1. The highest BCUT2D eigenvalue weighted by Gasteiger charge is 2.39. The number of para-hydroxylation sites is 2. The van der Waals surface area contributed by atoms with Crippen molar-refractivity contribution < 1.29 is 14.5 Å². The smallest absolute Gasteiger partial charge is 0.269 e. The van der Waals surface area contributed by atoms with Gasteiger partial charge in [0.05, 0.1) is 11.0 Å². The van der Waals surface area contributed by atoms with Crippen molar-refractivity contribution in [3.05, 3.63) is 100 Å². The van der Waals surface area contributed by atoms with Crippen LogP contribution in [0.2, 0.25) is 0 Å². The molecule has 0 radical (unpaired) electrons. The van der Waals surface area contributed by atoms with E-state index in [4.69, 9.17) is 0 Å². The molecule has 0 saturated heterocycles. The van der Waals surface area contributed by atoms with E-state index in [1.165, 1.54) is 24.3 Å². The van der Waals surface area contributed by atoms with E-state index < -0.39 is 4.92 Å². The third kappa shape index (κ3) is 4.29. The van der Waals surface area contributed by atoms with Gasteiger partial charge in [-0.05, 0) is 49.2 Å². The Morgan fingerprint density at radius 1 is 0.971 bits per heavy atom. The molecule has 3 aromatic rings. The van der Waals surface area contributed by atoms with Crippen molar-refractivity contribution in [1.29, 1.82) is 0 Å². The maximum absolute atomic E-state index is 13.8. The van der Waals surface area contributed by atoms with Crippen LogP contribution in [0, 0.1) is 16.0 Å². The van der Waals surface area contributed by atoms with E-state index in [1.807, 2.05) is 80.3 Å². The fourth-order valence-electron chi connectivity index (χ4n) is 4.53. The predicted octanol–water partition coefficient (Wildman–Crippen LogP) is 5.76. The molecular weight excluding hydrogens is 430 g/mol. The third-order valence-electron chi connectivity index (χ3n) is 6.18. The summed E-state index contributed by atoms with van der Waals surface area (Å²) in [7, 11) is 0. The van der Waals surface area contributed by atoms with Crippen LogP contribution in [-0.4, -0.2) is 22.8 Å². The second-order valence-electron chi connectivity index (χ2n) is 8.84. The van der Waals surface area contributed by atoms with Crippen molar-refractivity contribution >= 4 is 28.9 Å². The molecule has 0 aromatic heterocycles. The zero-order valence-corrected chi connectivity index (χ0v) is 19.4. The summed E-state index contributed by atoms with van der Waals surface area (Å²) in [4.78, 5) is 41.1. The first-order valence-corrected chi connectivity index (χ1v) is 11.3. The quantitative estimate of drug-likeness (QED) is 0.360. The van der Waals surface area contributed by atoms with Crippen LogP contribution in [0.4, 0.5) is 17.1 Å². The van der Waals surface area contributed by atoms with E-state index in [0.29, 0.717) is 12.0 Å². The van der Waals surface area contributed by atoms with Gasteiger partial charge in [-0.2, -0.15) is 0 Å². The van der Waals surface area contributed by atoms with Crippen LogP contribution in [0.5, 0.6) is 0 Å². The Morgan fingerprint density at radius 2 is 1.59 bits per heavy atom. The number of hydrogen-bond acceptors (Lipinski definition) is 4. The summed E-state index contributed by atoms with van der Waals surface area (Å²) in [6.07, 6.45) is 0.559. The number of carbonyl (C=O) groups is 2. The molecule has 174 valence electrons. The normalized spacial score (nSPS) is 17.2. The van der Waals surface area contributed by atoms with Gasteiger partial charge < -0.3 is 9.80 Å². The monoisotopic (exact) mass is 457 g/mol. The number of amides is 2. The number of nitro benzene ring substituents is 1. The number of nitrogens with zero attached hydrogens (tertiary/aromatic N) is 3. The SMILES string of the molecule is CC(C)C(=O)N1c2ccccc2C(N(C(=O)c2ccc([N+](=O)[O-])cc2)c2ccccc2)CC1C. The minimum absolute atomic E-state index is 0.0476. The minimum atomic E-state index is -0.484. The van der Waals surface area contributed by atoms with E-state index in [-0.39, 0.29) is 35.5 Å². The molecule has 0 bridgehead atoms. The Balaban J connectivity index is 1.82. The molecule has 0 spiro atoms. The number of nitro groups is 1. The van der Waals surface area contributed by atoms with Gasteiger partial charge in [0.15, 0.2) is 0 Å². The molecule has 4 rings (SSSR count). The molecule has 3 aromatic carbocycles. The molecule has 1 aliphatic heterocycles. The molecule has 0 aliphatic carbocycles. The average Bonchev–Trinajstić information content (AvgIpc) is 2.84. The lowest BCUT2D eigenvalue weighted by Crippen LogP contribution is -2.49. The predicted molar refractivity (Wildman–Crippen MR) is 132 cm³/mol. The largest absolute Gasteiger partial charge is 0.309 e. The second-order valence-corrected chi connectivity index (χ2v) is 8.84. The summed E-state index contributed by atoms with van der Waals surface area (Å²) < 4.78 is 0.